The number of nitrogens with one attached hydrogen (secondary N) is 2. The third-order valence-corrected chi connectivity index (χ3v) is 5.16. The van der Waals surface area contributed by atoms with E-state index < -0.39 is 40.7 Å². The average Bonchev–Trinajstić information content (AvgIpc) is 3.49. The number of rotatable bonds is 7. The average molecular weight is 506 g/mol. The fourth-order valence-corrected chi connectivity index (χ4v) is 3.38. The summed E-state index contributed by atoms with van der Waals surface area (Å²) in [6.45, 7) is 1.46. The van der Waals surface area contributed by atoms with Crippen LogP contribution in [0.2, 0.25) is 0 Å². The number of aliphatic hydroxyl groups is 1. The van der Waals surface area contributed by atoms with E-state index in [1.54, 1.807) is 19.1 Å². The lowest BCUT2D eigenvalue weighted by Crippen LogP contribution is -2.33. The molecular weight excluding hydrogens is 488 g/mol. The Hall–Kier alpha value is -1.85. The number of halogens is 4. The summed E-state index contributed by atoms with van der Waals surface area (Å²) >= 11 is 2.11. The van der Waals surface area contributed by atoms with Crippen LogP contribution < -0.4 is 10.8 Å². The van der Waals surface area contributed by atoms with E-state index in [0.29, 0.717) is 11.8 Å². The first kappa shape index (κ1) is 20.9. The summed E-state index contributed by atoms with van der Waals surface area (Å²) < 4.78 is 42.9. The van der Waals surface area contributed by atoms with Crippen molar-refractivity contribution in [1.29, 1.82) is 0 Å². The molecule has 150 valence electrons. The van der Waals surface area contributed by atoms with Crippen LogP contribution in [0.4, 0.5) is 24.5 Å². The van der Waals surface area contributed by atoms with Gasteiger partial charge in [-0.3, -0.25) is 9.63 Å². The van der Waals surface area contributed by atoms with E-state index in [-0.39, 0.29) is 12.5 Å². The van der Waals surface area contributed by atoms with Crippen molar-refractivity contribution >= 4 is 39.9 Å². The second-order valence-corrected chi connectivity index (χ2v) is 7.85. The van der Waals surface area contributed by atoms with Crippen LogP contribution in [0.3, 0.4) is 0 Å². The van der Waals surface area contributed by atoms with Crippen LogP contribution in [0.25, 0.3) is 0 Å². The molecule has 0 aromatic heterocycles. The van der Waals surface area contributed by atoms with E-state index in [4.69, 9.17) is 4.84 Å². The SMILES string of the molecule is Cc1cc(I)ccc1Nc1c(C(=O)NOC(CO)C2CC2)cc(F)c(F)c1F. The number of carbonyl (C=O) groups is 1. The van der Waals surface area contributed by atoms with Gasteiger partial charge >= 0.3 is 0 Å². The van der Waals surface area contributed by atoms with Crippen molar-refractivity contribution in [3.8, 4) is 0 Å². The zero-order valence-electron chi connectivity index (χ0n) is 14.9. The topological polar surface area (TPSA) is 70.6 Å². The Labute approximate surface area is 173 Å². The summed E-state index contributed by atoms with van der Waals surface area (Å²) in [7, 11) is 0. The van der Waals surface area contributed by atoms with Crippen molar-refractivity contribution in [3.05, 3.63) is 56.4 Å². The van der Waals surface area contributed by atoms with Crippen LogP contribution in [0, 0.1) is 33.9 Å². The summed E-state index contributed by atoms with van der Waals surface area (Å²) in [5.41, 5.74) is 2.31. The molecule has 1 amide bonds. The minimum atomic E-state index is -1.69. The minimum absolute atomic E-state index is 0.124. The van der Waals surface area contributed by atoms with Crippen molar-refractivity contribution in [3.63, 3.8) is 0 Å². The number of hydrogen-bond acceptors (Lipinski definition) is 4. The van der Waals surface area contributed by atoms with E-state index in [2.05, 4.69) is 33.4 Å². The zero-order chi connectivity index (χ0) is 20.4. The first-order valence-corrected chi connectivity index (χ1v) is 9.67. The first-order valence-electron chi connectivity index (χ1n) is 8.59. The number of amides is 1. The molecule has 2 aromatic carbocycles. The number of aryl methyl sites for hydroxylation is 1. The number of carbonyl (C=O) groups excluding carboxylic acids is 1. The molecule has 0 aliphatic heterocycles. The van der Waals surface area contributed by atoms with Crippen LogP contribution in [-0.2, 0) is 4.84 Å². The van der Waals surface area contributed by atoms with Crippen LogP contribution in [0.5, 0.6) is 0 Å². The molecule has 3 N–H and O–H groups in total. The van der Waals surface area contributed by atoms with Crippen LogP contribution in [0.1, 0.15) is 28.8 Å². The Bertz CT molecular complexity index is 906. The van der Waals surface area contributed by atoms with Crippen molar-refractivity contribution in [1.82, 2.24) is 5.48 Å². The van der Waals surface area contributed by atoms with Gasteiger partial charge in [0.15, 0.2) is 17.5 Å². The van der Waals surface area contributed by atoms with Crippen molar-refractivity contribution in [2.24, 2.45) is 5.92 Å². The highest BCUT2D eigenvalue weighted by Gasteiger charge is 2.33. The van der Waals surface area contributed by atoms with Gasteiger partial charge in [-0.05, 0) is 78.1 Å². The summed E-state index contributed by atoms with van der Waals surface area (Å²) in [5, 5.41) is 12.0. The van der Waals surface area contributed by atoms with Gasteiger partial charge in [0.25, 0.3) is 5.91 Å². The number of aliphatic hydroxyl groups excluding tert-OH is 1. The van der Waals surface area contributed by atoms with Crippen molar-refractivity contribution in [2.45, 2.75) is 25.9 Å². The van der Waals surface area contributed by atoms with Gasteiger partial charge in [-0.2, -0.15) is 0 Å². The third kappa shape index (κ3) is 4.58. The van der Waals surface area contributed by atoms with Gasteiger partial charge in [0.1, 0.15) is 6.10 Å². The molecule has 1 saturated carbocycles. The molecule has 0 spiro atoms. The molecule has 5 nitrogen and oxygen atoms in total. The number of hydrogen-bond donors (Lipinski definition) is 3. The predicted octanol–water partition coefficient (Wildman–Crippen LogP) is 4.19. The van der Waals surface area contributed by atoms with Gasteiger partial charge in [0.05, 0.1) is 17.9 Å². The van der Waals surface area contributed by atoms with E-state index in [1.807, 2.05) is 6.07 Å². The molecule has 2 aromatic rings. The van der Waals surface area contributed by atoms with Crippen molar-refractivity contribution in [2.75, 3.05) is 11.9 Å². The van der Waals surface area contributed by atoms with Crippen molar-refractivity contribution < 1.29 is 27.9 Å². The second-order valence-electron chi connectivity index (χ2n) is 6.60. The smallest absolute Gasteiger partial charge is 0.277 e. The highest BCUT2D eigenvalue weighted by atomic mass is 127. The van der Waals surface area contributed by atoms with Crippen LogP contribution >= 0.6 is 22.6 Å². The maximum absolute atomic E-state index is 14.4. The highest BCUT2D eigenvalue weighted by Crippen LogP contribution is 2.34. The Morgan fingerprint density at radius 3 is 2.61 bits per heavy atom. The molecule has 28 heavy (non-hydrogen) atoms. The first-order chi connectivity index (χ1) is 13.3. The van der Waals surface area contributed by atoms with Gasteiger partial charge in [0, 0.05) is 9.26 Å². The highest BCUT2D eigenvalue weighted by molar-refractivity contribution is 14.1. The molecular formula is C19H18F3IN2O3. The maximum atomic E-state index is 14.4. The number of anilines is 2. The molecule has 0 heterocycles. The minimum Gasteiger partial charge on any atom is -0.394 e. The Kier molecular flexibility index (Phi) is 6.46. The van der Waals surface area contributed by atoms with Crippen LogP contribution in [-0.4, -0.2) is 23.7 Å². The van der Waals surface area contributed by atoms with E-state index in [0.717, 1.165) is 22.0 Å². The fraction of sp³-hybridized carbons (Fsp3) is 0.316. The summed E-state index contributed by atoms with van der Waals surface area (Å²) in [6.07, 6.45) is 1.12. The van der Waals surface area contributed by atoms with Gasteiger partial charge in [-0.25, -0.2) is 18.7 Å². The standard InChI is InChI=1S/C19H18F3IN2O3/c1-9-6-11(23)4-5-14(9)24-18-12(7-13(20)16(21)17(18)22)19(27)25-28-15(8-26)10-2-3-10/h4-7,10,15,24,26H,2-3,8H2,1H3,(H,25,27). The molecule has 1 unspecified atom stereocenters. The Morgan fingerprint density at radius 2 is 2.00 bits per heavy atom. The quantitative estimate of drug-likeness (QED) is 0.299. The molecule has 1 aliphatic carbocycles. The zero-order valence-corrected chi connectivity index (χ0v) is 17.0. The lowest BCUT2D eigenvalue weighted by atomic mass is 10.1. The molecule has 0 radical (unpaired) electrons. The van der Waals surface area contributed by atoms with E-state index >= 15 is 0 Å². The molecule has 0 saturated heterocycles. The number of hydroxylamine groups is 1. The lowest BCUT2D eigenvalue weighted by Gasteiger charge is -2.18. The second kappa shape index (κ2) is 8.66. The van der Waals surface area contributed by atoms with Crippen LogP contribution in [0.15, 0.2) is 24.3 Å². The predicted molar refractivity (Wildman–Crippen MR) is 106 cm³/mol. The van der Waals surface area contributed by atoms with Gasteiger partial charge in [-0.15, -0.1) is 0 Å². The third-order valence-electron chi connectivity index (χ3n) is 4.49. The maximum Gasteiger partial charge on any atom is 0.277 e. The summed E-state index contributed by atoms with van der Waals surface area (Å²) in [5.74, 6) is -5.52. The number of benzene rings is 2. The van der Waals surface area contributed by atoms with E-state index in [1.165, 1.54) is 0 Å². The molecule has 0 bridgehead atoms. The molecule has 1 fully saturated rings. The largest absolute Gasteiger partial charge is 0.394 e. The summed E-state index contributed by atoms with van der Waals surface area (Å²) in [6, 6.07) is 5.81. The normalized spacial score (nSPS) is 14.6. The Balaban J connectivity index is 1.89. The summed E-state index contributed by atoms with van der Waals surface area (Å²) in [4.78, 5) is 17.6. The molecule has 9 heteroatoms. The van der Waals surface area contributed by atoms with Gasteiger partial charge in [-0.1, -0.05) is 0 Å². The van der Waals surface area contributed by atoms with Gasteiger partial charge in [0.2, 0.25) is 0 Å². The Morgan fingerprint density at radius 1 is 1.29 bits per heavy atom. The molecule has 1 atom stereocenters. The monoisotopic (exact) mass is 506 g/mol. The fourth-order valence-electron chi connectivity index (χ4n) is 2.73. The molecule has 1 aliphatic rings. The molecule has 3 rings (SSSR count). The van der Waals surface area contributed by atoms with Gasteiger partial charge < -0.3 is 10.4 Å². The lowest BCUT2D eigenvalue weighted by molar-refractivity contribution is -0.0497. The van der Waals surface area contributed by atoms with E-state index in [9.17, 15) is 23.1 Å².